The lowest BCUT2D eigenvalue weighted by Crippen LogP contribution is -2.03. The molecular formula is C15H11F2NO. The van der Waals surface area contributed by atoms with Gasteiger partial charge in [0.15, 0.2) is 0 Å². The summed E-state index contributed by atoms with van der Waals surface area (Å²) < 4.78 is 31.4. The minimum Gasteiger partial charge on any atom is -0.492 e. The first-order chi connectivity index (χ1) is 9.20. The number of ether oxygens (including phenoxy) is 1. The maximum absolute atomic E-state index is 13.3. The number of halogens is 2. The number of nitrogens with zero attached hydrogens (tertiary/aromatic N) is 1. The molecule has 0 heterocycles. The van der Waals surface area contributed by atoms with Crippen LogP contribution in [-0.2, 0) is 6.42 Å². The van der Waals surface area contributed by atoms with E-state index in [0.29, 0.717) is 13.0 Å². The van der Waals surface area contributed by atoms with E-state index in [2.05, 4.69) is 0 Å². The van der Waals surface area contributed by atoms with Crippen LogP contribution in [0.2, 0.25) is 0 Å². The highest BCUT2D eigenvalue weighted by Gasteiger charge is 2.08. The Kier molecular flexibility index (Phi) is 4.09. The van der Waals surface area contributed by atoms with E-state index in [1.165, 1.54) is 24.3 Å². The van der Waals surface area contributed by atoms with Crippen LogP contribution in [0.4, 0.5) is 8.78 Å². The predicted molar refractivity (Wildman–Crippen MR) is 66.7 cm³/mol. The Morgan fingerprint density at radius 1 is 1.05 bits per heavy atom. The molecule has 0 fully saturated rings. The molecule has 4 heteroatoms. The quantitative estimate of drug-likeness (QED) is 0.842. The first kappa shape index (κ1) is 13.0. The standard InChI is InChI=1S/C15H11F2NO/c16-12-6-4-11(5-7-12)8-9-19-15-3-1-2-14(17)13(15)10-18/h1-7H,8-9H2. The van der Waals surface area contributed by atoms with E-state index in [1.807, 2.05) is 0 Å². The van der Waals surface area contributed by atoms with Gasteiger partial charge >= 0.3 is 0 Å². The van der Waals surface area contributed by atoms with Gasteiger partial charge in [0.25, 0.3) is 0 Å². The van der Waals surface area contributed by atoms with Crippen LogP contribution in [0.3, 0.4) is 0 Å². The molecule has 0 aliphatic carbocycles. The largest absolute Gasteiger partial charge is 0.492 e. The number of benzene rings is 2. The van der Waals surface area contributed by atoms with Crippen LogP contribution < -0.4 is 4.74 Å². The van der Waals surface area contributed by atoms with Crippen molar-refractivity contribution in [3.8, 4) is 11.8 Å². The third kappa shape index (κ3) is 3.29. The van der Waals surface area contributed by atoms with Crippen molar-refractivity contribution in [2.24, 2.45) is 0 Å². The molecule has 2 aromatic carbocycles. The molecule has 2 nitrogen and oxygen atoms in total. The topological polar surface area (TPSA) is 33.0 Å². The number of hydrogen-bond donors (Lipinski definition) is 0. The summed E-state index contributed by atoms with van der Waals surface area (Å²) in [6, 6.07) is 12.1. The number of nitriles is 1. The van der Waals surface area contributed by atoms with Crippen molar-refractivity contribution in [2.45, 2.75) is 6.42 Å². The van der Waals surface area contributed by atoms with Crippen LogP contribution in [0.25, 0.3) is 0 Å². The summed E-state index contributed by atoms with van der Waals surface area (Å²) >= 11 is 0. The summed E-state index contributed by atoms with van der Waals surface area (Å²) in [5, 5.41) is 8.83. The van der Waals surface area contributed by atoms with E-state index in [4.69, 9.17) is 10.00 Å². The molecule has 0 amide bonds. The van der Waals surface area contributed by atoms with E-state index in [0.717, 1.165) is 5.56 Å². The van der Waals surface area contributed by atoms with Crippen LogP contribution >= 0.6 is 0 Å². The SMILES string of the molecule is N#Cc1c(F)cccc1OCCc1ccc(F)cc1. The van der Waals surface area contributed by atoms with Gasteiger partial charge < -0.3 is 4.74 Å². The summed E-state index contributed by atoms with van der Waals surface area (Å²) in [5.74, 6) is -0.659. The Bertz CT molecular complexity index is 603. The Hall–Kier alpha value is -2.41. The normalized spacial score (nSPS) is 9.95. The van der Waals surface area contributed by atoms with Gasteiger partial charge in [-0.25, -0.2) is 8.78 Å². The molecule has 0 radical (unpaired) electrons. The zero-order chi connectivity index (χ0) is 13.7. The van der Waals surface area contributed by atoms with Gasteiger partial charge in [-0.05, 0) is 29.8 Å². The summed E-state index contributed by atoms with van der Waals surface area (Å²) in [5.41, 5.74) is 0.818. The maximum atomic E-state index is 13.3. The fraction of sp³-hybridized carbons (Fsp3) is 0.133. The monoisotopic (exact) mass is 259 g/mol. The first-order valence-corrected chi connectivity index (χ1v) is 5.76. The molecule has 0 saturated heterocycles. The molecule has 0 aliphatic rings. The van der Waals surface area contributed by atoms with Crippen molar-refractivity contribution < 1.29 is 13.5 Å². The van der Waals surface area contributed by atoms with Crippen molar-refractivity contribution >= 4 is 0 Å². The van der Waals surface area contributed by atoms with Crippen molar-refractivity contribution in [1.29, 1.82) is 5.26 Å². The number of rotatable bonds is 4. The Balaban J connectivity index is 1.98. The van der Waals surface area contributed by atoms with Crippen LogP contribution in [0.15, 0.2) is 42.5 Å². The van der Waals surface area contributed by atoms with Crippen molar-refractivity contribution in [1.82, 2.24) is 0 Å². The molecule has 0 bridgehead atoms. The zero-order valence-electron chi connectivity index (χ0n) is 10.1. The van der Waals surface area contributed by atoms with Crippen molar-refractivity contribution in [3.05, 3.63) is 65.2 Å². The number of hydrogen-bond acceptors (Lipinski definition) is 2. The Morgan fingerprint density at radius 3 is 2.47 bits per heavy atom. The van der Waals surface area contributed by atoms with Crippen LogP contribution in [0, 0.1) is 23.0 Å². The minimum atomic E-state index is -0.596. The molecule has 0 aliphatic heterocycles. The van der Waals surface area contributed by atoms with Gasteiger partial charge in [0, 0.05) is 6.42 Å². The molecule has 19 heavy (non-hydrogen) atoms. The van der Waals surface area contributed by atoms with Gasteiger partial charge in [0.05, 0.1) is 6.61 Å². The van der Waals surface area contributed by atoms with E-state index in [1.54, 1.807) is 24.3 Å². The van der Waals surface area contributed by atoms with Gasteiger partial charge in [-0.1, -0.05) is 18.2 Å². The van der Waals surface area contributed by atoms with E-state index >= 15 is 0 Å². The smallest absolute Gasteiger partial charge is 0.144 e. The van der Waals surface area contributed by atoms with Crippen molar-refractivity contribution in [2.75, 3.05) is 6.61 Å². The second-order valence-corrected chi connectivity index (χ2v) is 3.95. The third-order valence-corrected chi connectivity index (χ3v) is 2.65. The Labute approximate surface area is 109 Å². The lowest BCUT2D eigenvalue weighted by atomic mass is 10.1. The first-order valence-electron chi connectivity index (χ1n) is 5.76. The summed E-state index contributed by atoms with van der Waals surface area (Å²) in [4.78, 5) is 0. The van der Waals surface area contributed by atoms with Gasteiger partial charge in [-0.2, -0.15) is 5.26 Å². The minimum absolute atomic E-state index is 0.0957. The second-order valence-electron chi connectivity index (χ2n) is 3.95. The molecule has 0 N–H and O–H groups in total. The fourth-order valence-corrected chi connectivity index (χ4v) is 1.66. The molecule has 0 unspecified atom stereocenters. The maximum Gasteiger partial charge on any atom is 0.144 e. The molecule has 0 atom stereocenters. The van der Waals surface area contributed by atoms with Gasteiger partial charge in [-0.3, -0.25) is 0 Å². The average Bonchev–Trinajstić information content (AvgIpc) is 2.41. The Morgan fingerprint density at radius 2 is 1.79 bits per heavy atom. The lowest BCUT2D eigenvalue weighted by molar-refractivity contribution is 0.319. The summed E-state index contributed by atoms with van der Waals surface area (Å²) in [6.07, 6.45) is 0.557. The molecule has 2 rings (SSSR count). The second kappa shape index (κ2) is 5.96. The third-order valence-electron chi connectivity index (χ3n) is 2.65. The summed E-state index contributed by atoms with van der Waals surface area (Å²) in [7, 11) is 0. The van der Waals surface area contributed by atoms with Gasteiger partial charge in [0.1, 0.15) is 29.0 Å². The predicted octanol–water partition coefficient (Wildman–Crippen LogP) is 3.46. The van der Waals surface area contributed by atoms with Crippen LogP contribution in [0.5, 0.6) is 5.75 Å². The fourth-order valence-electron chi connectivity index (χ4n) is 1.66. The molecule has 2 aromatic rings. The van der Waals surface area contributed by atoms with Crippen LogP contribution in [-0.4, -0.2) is 6.61 Å². The van der Waals surface area contributed by atoms with E-state index in [9.17, 15) is 8.78 Å². The van der Waals surface area contributed by atoms with E-state index < -0.39 is 5.82 Å². The van der Waals surface area contributed by atoms with Crippen molar-refractivity contribution in [3.63, 3.8) is 0 Å². The average molecular weight is 259 g/mol. The van der Waals surface area contributed by atoms with Gasteiger partial charge in [0.2, 0.25) is 0 Å². The summed E-state index contributed by atoms with van der Waals surface area (Å²) in [6.45, 7) is 0.295. The van der Waals surface area contributed by atoms with Crippen LogP contribution in [0.1, 0.15) is 11.1 Å². The van der Waals surface area contributed by atoms with E-state index in [-0.39, 0.29) is 17.1 Å². The molecule has 0 spiro atoms. The molecule has 0 saturated carbocycles. The highest BCUT2D eigenvalue weighted by Crippen LogP contribution is 2.20. The molecule has 96 valence electrons. The molecule has 0 aromatic heterocycles. The van der Waals surface area contributed by atoms with Gasteiger partial charge in [-0.15, -0.1) is 0 Å². The highest BCUT2D eigenvalue weighted by molar-refractivity contribution is 5.43. The highest BCUT2D eigenvalue weighted by atomic mass is 19.1. The lowest BCUT2D eigenvalue weighted by Gasteiger charge is -2.08. The molecular weight excluding hydrogens is 248 g/mol. The zero-order valence-corrected chi connectivity index (χ0v) is 10.1.